The number of aromatic nitrogens is 1. The molecular weight excluding hydrogens is 202 g/mol. The van der Waals surface area contributed by atoms with Crippen LogP contribution in [0.4, 0.5) is 11.4 Å². The van der Waals surface area contributed by atoms with Crippen LogP contribution in [0.1, 0.15) is 16.2 Å². The number of hydrogen-bond donors (Lipinski definition) is 2. The van der Waals surface area contributed by atoms with Crippen molar-refractivity contribution in [2.75, 3.05) is 5.73 Å². The zero-order valence-electron chi connectivity index (χ0n) is 8.55. The van der Waals surface area contributed by atoms with Gasteiger partial charge in [-0.2, -0.15) is 0 Å². The molecule has 1 aromatic heterocycles. The highest BCUT2D eigenvalue weighted by Crippen LogP contribution is 2.20. The first-order valence-electron chi connectivity index (χ1n) is 4.82. The number of carbonyl (C=O) groups excluding carboxylic acids is 1. The van der Waals surface area contributed by atoms with Crippen molar-refractivity contribution >= 4 is 23.9 Å². The number of nitrogens with zero attached hydrogens (tertiary/aromatic N) is 1. The van der Waals surface area contributed by atoms with Gasteiger partial charge in [0.05, 0.1) is 29.0 Å². The first kappa shape index (κ1) is 10.2. The van der Waals surface area contributed by atoms with Crippen LogP contribution in [0.2, 0.25) is 0 Å². The van der Waals surface area contributed by atoms with E-state index in [1.807, 2.05) is 18.2 Å². The van der Waals surface area contributed by atoms with Crippen molar-refractivity contribution in [2.45, 2.75) is 0 Å². The van der Waals surface area contributed by atoms with Crippen molar-refractivity contribution in [1.29, 1.82) is 0 Å². The van der Waals surface area contributed by atoms with Crippen LogP contribution in [0.25, 0.3) is 0 Å². The number of para-hydroxylation sites is 2. The maximum absolute atomic E-state index is 10.5. The standard InChI is InChI=1S/C12H11N3O/c13-11-3-1-2-4-12(11)14-7-9-5-6-10(8-16)15-9/h1-8,15H,13H2. The molecule has 16 heavy (non-hydrogen) atoms. The first-order chi connectivity index (χ1) is 7.79. The van der Waals surface area contributed by atoms with E-state index in [-0.39, 0.29) is 0 Å². The Hall–Kier alpha value is -2.36. The largest absolute Gasteiger partial charge is 0.397 e. The van der Waals surface area contributed by atoms with E-state index in [0.29, 0.717) is 17.1 Å². The molecule has 4 nitrogen and oxygen atoms in total. The molecule has 0 aliphatic carbocycles. The Kier molecular flexibility index (Phi) is 2.82. The van der Waals surface area contributed by atoms with Gasteiger partial charge < -0.3 is 10.7 Å². The summed E-state index contributed by atoms with van der Waals surface area (Å²) in [5.74, 6) is 0. The third-order valence-corrected chi connectivity index (χ3v) is 2.14. The molecule has 80 valence electrons. The summed E-state index contributed by atoms with van der Waals surface area (Å²) in [6, 6.07) is 10.8. The summed E-state index contributed by atoms with van der Waals surface area (Å²) in [5.41, 5.74) is 8.37. The Bertz CT molecular complexity index is 529. The average Bonchev–Trinajstić information content (AvgIpc) is 2.76. The van der Waals surface area contributed by atoms with Gasteiger partial charge in [-0.05, 0) is 24.3 Å². The molecule has 1 aromatic carbocycles. The Morgan fingerprint density at radius 3 is 2.56 bits per heavy atom. The van der Waals surface area contributed by atoms with E-state index in [1.165, 1.54) is 0 Å². The molecule has 0 unspecified atom stereocenters. The fourth-order valence-electron chi connectivity index (χ4n) is 1.32. The summed E-state index contributed by atoms with van der Waals surface area (Å²) >= 11 is 0. The number of H-pyrrole nitrogens is 1. The van der Waals surface area contributed by atoms with Crippen LogP contribution < -0.4 is 5.73 Å². The second-order valence-electron chi connectivity index (χ2n) is 3.30. The van der Waals surface area contributed by atoms with Crippen molar-refractivity contribution in [3.05, 3.63) is 47.8 Å². The molecule has 0 amide bonds. The van der Waals surface area contributed by atoms with Crippen molar-refractivity contribution in [2.24, 2.45) is 4.99 Å². The molecule has 0 saturated heterocycles. The van der Waals surface area contributed by atoms with Crippen molar-refractivity contribution in [1.82, 2.24) is 4.98 Å². The van der Waals surface area contributed by atoms with Crippen LogP contribution in [0.5, 0.6) is 0 Å². The third-order valence-electron chi connectivity index (χ3n) is 2.14. The number of benzene rings is 1. The number of aromatic amines is 1. The van der Waals surface area contributed by atoms with E-state index >= 15 is 0 Å². The number of nitrogens with two attached hydrogens (primary N) is 1. The van der Waals surface area contributed by atoms with Crippen LogP contribution in [0, 0.1) is 0 Å². The van der Waals surface area contributed by atoms with Gasteiger partial charge in [0.2, 0.25) is 0 Å². The number of aliphatic imine (C=N–C) groups is 1. The minimum atomic E-state index is 0.530. The zero-order valence-corrected chi connectivity index (χ0v) is 8.55. The lowest BCUT2D eigenvalue weighted by molar-refractivity contribution is 0.111. The fourth-order valence-corrected chi connectivity index (χ4v) is 1.32. The Balaban J connectivity index is 2.21. The first-order valence-corrected chi connectivity index (χ1v) is 4.82. The summed E-state index contributed by atoms with van der Waals surface area (Å²) in [5, 5.41) is 0. The van der Waals surface area contributed by atoms with E-state index in [0.717, 1.165) is 12.0 Å². The lowest BCUT2D eigenvalue weighted by atomic mass is 10.3. The number of anilines is 1. The quantitative estimate of drug-likeness (QED) is 0.466. The molecule has 0 spiro atoms. The monoisotopic (exact) mass is 213 g/mol. The summed E-state index contributed by atoms with van der Waals surface area (Å²) in [6.45, 7) is 0. The number of nitrogen functional groups attached to an aromatic ring is 1. The molecule has 0 bridgehead atoms. The van der Waals surface area contributed by atoms with Gasteiger partial charge in [0.15, 0.2) is 6.29 Å². The number of rotatable bonds is 3. The van der Waals surface area contributed by atoms with Crippen molar-refractivity contribution in [3.8, 4) is 0 Å². The van der Waals surface area contributed by atoms with E-state index in [1.54, 1.807) is 24.4 Å². The lowest BCUT2D eigenvalue weighted by Crippen LogP contribution is -1.86. The Morgan fingerprint density at radius 1 is 1.12 bits per heavy atom. The predicted octanol–water partition coefficient (Wildman–Crippen LogP) is 2.16. The maximum atomic E-state index is 10.5. The molecule has 3 N–H and O–H groups in total. The van der Waals surface area contributed by atoms with Gasteiger partial charge in [-0.25, -0.2) is 0 Å². The van der Waals surface area contributed by atoms with Gasteiger partial charge in [-0.1, -0.05) is 12.1 Å². The number of hydrogen-bond acceptors (Lipinski definition) is 3. The number of nitrogens with one attached hydrogen (secondary N) is 1. The summed E-state index contributed by atoms with van der Waals surface area (Å²) < 4.78 is 0. The smallest absolute Gasteiger partial charge is 0.166 e. The minimum absolute atomic E-state index is 0.530. The van der Waals surface area contributed by atoms with Gasteiger partial charge in [0.25, 0.3) is 0 Å². The summed E-state index contributed by atoms with van der Waals surface area (Å²) in [6.07, 6.45) is 2.40. The van der Waals surface area contributed by atoms with Gasteiger partial charge >= 0.3 is 0 Å². The second kappa shape index (κ2) is 4.44. The molecular formula is C12H11N3O. The minimum Gasteiger partial charge on any atom is -0.397 e. The topological polar surface area (TPSA) is 71.2 Å². The molecule has 0 saturated carbocycles. The summed E-state index contributed by atoms with van der Waals surface area (Å²) in [7, 11) is 0. The Morgan fingerprint density at radius 2 is 1.88 bits per heavy atom. The van der Waals surface area contributed by atoms with Crippen LogP contribution >= 0.6 is 0 Å². The molecule has 1 heterocycles. The van der Waals surface area contributed by atoms with Crippen LogP contribution in [0.3, 0.4) is 0 Å². The molecule has 0 fully saturated rings. The average molecular weight is 213 g/mol. The van der Waals surface area contributed by atoms with Crippen LogP contribution in [-0.4, -0.2) is 17.5 Å². The van der Waals surface area contributed by atoms with Crippen molar-refractivity contribution < 1.29 is 4.79 Å². The summed E-state index contributed by atoms with van der Waals surface area (Å²) in [4.78, 5) is 17.6. The number of carbonyl (C=O) groups is 1. The van der Waals surface area contributed by atoms with Gasteiger partial charge in [-0.3, -0.25) is 9.79 Å². The molecule has 2 aromatic rings. The zero-order chi connectivity index (χ0) is 11.4. The highest BCUT2D eigenvalue weighted by atomic mass is 16.1. The van der Waals surface area contributed by atoms with E-state index in [2.05, 4.69) is 9.98 Å². The highest BCUT2D eigenvalue weighted by Gasteiger charge is 1.95. The molecule has 2 rings (SSSR count). The van der Waals surface area contributed by atoms with Gasteiger partial charge in [0.1, 0.15) is 0 Å². The third kappa shape index (κ3) is 2.17. The molecule has 0 aliphatic rings. The van der Waals surface area contributed by atoms with Crippen molar-refractivity contribution in [3.63, 3.8) is 0 Å². The van der Waals surface area contributed by atoms with E-state index < -0.39 is 0 Å². The van der Waals surface area contributed by atoms with Gasteiger partial charge in [0, 0.05) is 0 Å². The maximum Gasteiger partial charge on any atom is 0.166 e. The highest BCUT2D eigenvalue weighted by molar-refractivity contribution is 5.84. The molecule has 4 heteroatoms. The lowest BCUT2D eigenvalue weighted by Gasteiger charge is -1.97. The predicted molar refractivity (Wildman–Crippen MR) is 64.3 cm³/mol. The normalized spacial score (nSPS) is 10.8. The fraction of sp³-hybridized carbons (Fsp3) is 0. The molecule has 0 radical (unpaired) electrons. The van der Waals surface area contributed by atoms with Crippen LogP contribution in [-0.2, 0) is 0 Å². The number of aldehydes is 1. The molecule has 0 atom stereocenters. The SMILES string of the molecule is Nc1ccccc1N=Cc1ccc(C=O)[nH]1. The molecule has 0 aliphatic heterocycles. The van der Waals surface area contributed by atoms with Crippen LogP contribution in [0.15, 0.2) is 41.4 Å². The van der Waals surface area contributed by atoms with E-state index in [9.17, 15) is 4.79 Å². The second-order valence-corrected chi connectivity index (χ2v) is 3.30. The van der Waals surface area contributed by atoms with Gasteiger partial charge in [-0.15, -0.1) is 0 Å². The Labute approximate surface area is 92.8 Å². The van der Waals surface area contributed by atoms with E-state index in [4.69, 9.17) is 5.73 Å².